The number of carbonyl (C=O) groups is 1. The molecule has 8 heteroatoms. The van der Waals surface area contributed by atoms with Gasteiger partial charge in [-0.1, -0.05) is 5.10 Å². The first kappa shape index (κ1) is 8.82. The van der Waals surface area contributed by atoms with E-state index in [9.17, 15) is 4.79 Å². The molecule has 0 saturated carbocycles. The maximum atomic E-state index is 11.4. The number of thioether (sulfide) groups is 2. The number of anilines is 1. The van der Waals surface area contributed by atoms with Gasteiger partial charge < -0.3 is 0 Å². The minimum atomic E-state index is -0.0612. The summed E-state index contributed by atoms with van der Waals surface area (Å²) in [5.41, 5.74) is 0. The number of aromatic amines is 1. The highest BCUT2D eigenvalue weighted by Gasteiger charge is 2.24. The van der Waals surface area contributed by atoms with Gasteiger partial charge in [0.1, 0.15) is 4.58 Å². The highest BCUT2D eigenvalue weighted by molar-refractivity contribution is 8.21. The van der Waals surface area contributed by atoms with Crippen molar-refractivity contribution in [3.8, 4) is 0 Å². The van der Waals surface area contributed by atoms with Gasteiger partial charge in [0, 0.05) is 11.5 Å². The van der Waals surface area contributed by atoms with Crippen LogP contribution in [0.5, 0.6) is 0 Å². The largest absolute Gasteiger partial charge is 0.290 e. The second-order valence-electron chi connectivity index (χ2n) is 2.30. The second-order valence-corrected chi connectivity index (χ2v) is 5.02. The maximum absolute atomic E-state index is 11.4. The van der Waals surface area contributed by atoms with Crippen molar-refractivity contribution in [1.29, 1.82) is 0 Å². The molecule has 1 fully saturated rings. The number of H-pyrrole nitrogens is 1. The Labute approximate surface area is 82.6 Å². The Kier molecular flexibility index (Phi) is 2.69. The van der Waals surface area contributed by atoms with Gasteiger partial charge in [-0.3, -0.25) is 10.1 Å². The zero-order valence-electron chi connectivity index (χ0n) is 6.56. The summed E-state index contributed by atoms with van der Waals surface area (Å²) < 4.78 is -0.0292. The zero-order chi connectivity index (χ0) is 9.10. The third-order valence-electron chi connectivity index (χ3n) is 1.42. The van der Waals surface area contributed by atoms with Gasteiger partial charge in [0.05, 0.1) is 0 Å². The molecule has 1 aliphatic heterocycles. The summed E-state index contributed by atoms with van der Waals surface area (Å²) in [5.74, 6) is 2.22. The van der Waals surface area contributed by atoms with Crippen molar-refractivity contribution >= 4 is 35.4 Å². The third kappa shape index (κ3) is 2.13. The number of aromatic nitrogens is 4. The normalized spacial score (nSPS) is 17.5. The van der Waals surface area contributed by atoms with Crippen LogP contribution in [-0.2, 0) is 4.79 Å². The van der Waals surface area contributed by atoms with Crippen LogP contribution in [0, 0.1) is 0 Å². The fourth-order valence-corrected chi connectivity index (χ4v) is 3.47. The molecule has 1 aliphatic rings. The van der Waals surface area contributed by atoms with Gasteiger partial charge in [0.2, 0.25) is 5.91 Å². The molecule has 1 amide bonds. The summed E-state index contributed by atoms with van der Waals surface area (Å²) in [6.45, 7) is 0. The summed E-state index contributed by atoms with van der Waals surface area (Å²) in [5, 5.41) is 15.4. The lowest BCUT2D eigenvalue weighted by Crippen LogP contribution is -2.21. The molecule has 0 spiro atoms. The minimum absolute atomic E-state index is 0.0292. The summed E-state index contributed by atoms with van der Waals surface area (Å²) in [7, 11) is 0. The van der Waals surface area contributed by atoms with Crippen molar-refractivity contribution in [2.45, 2.75) is 4.58 Å². The lowest BCUT2D eigenvalue weighted by molar-refractivity contribution is -0.114. The smallest absolute Gasteiger partial charge is 0.269 e. The van der Waals surface area contributed by atoms with Gasteiger partial charge in [-0.05, 0) is 5.21 Å². The van der Waals surface area contributed by atoms with Crippen molar-refractivity contribution < 1.29 is 4.79 Å². The van der Waals surface area contributed by atoms with E-state index in [0.717, 1.165) is 11.5 Å². The molecule has 1 aromatic rings. The molecule has 2 rings (SSSR count). The van der Waals surface area contributed by atoms with Crippen LogP contribution in [0.15, 0.2) is 0 Å². The van der Waals surface area contributed by atoms with E-state index in [2.05, 4.69) is 25.9 Å². The van der Waals surface area contributed by atoms with Crippen LogP contribution >= 0.6 is 23.5 Å². The molecule has 0 aliphatic carbocycles. The highest BCUT2D eigenvalue weighted by atomic mass is 32.2. The lowest BCUT2D eigenvalue weighted by atomic mass is 10.7. The van der Waals surface area contributed by atoms with Gasteiger partial charge >= 0.3 is 0 Å². The van der Waals surface area contributed by atoms with E-state index < -0.39 is 0 Å². The van der Waals surface area contributed by atoms with Crippen LogP contribution in [0.25, 0.3) is 0 Å². The number of hydrogen-bond donors (Lipinski definition) is 2. The molecule has 2 N–H and O–H groups in total. The lowest BCUT2D eigenvalue weighted by Gasteiger charge is -2.04. The molecule has 6 nitrogen and oxygen atoms in total. The summed E-state index contributed by atoms with van der Waals surface area (Å²) in [6.07, 6.45) is 0. The number of amides is 1. The van der Waals surface area contributed by atoms with E-state index in [1.807, 2.05) is 0 Å². The van der Waals surface area contributed by atoms with Crippen LogP contribution in [0.3, 0.4) is 0 Å². The molecule has 0 bridgehead atoms. The second kappa shape index (κ2) is 3.97. The Morgan fingerprint density at radius 3 is 2.92 bits per heavy atom. The van der Waals surface area contributed by atoms with Crippen molar-refractivity contribution in [3.05, 3.63) is 0 Å². The quantitative estimate of drug-likeness (QED) is 0.722. The van der Waals surface area contributed by atoms with E-state index in [1.165, 1.54) is 0 Å². The van der Waals surface area contributed by atoms with Crippen molar-refractivity contribution in [2.24, 2.45) is 0 Å². The van der Waals surface area contributed by atoms with E-state index in [0.29, 0.717) is 0 Å². The van der Waals surface area contributed by atoms with Crippen LogP contribution in [0.4, 0.5) is 5.95 Å². The SMILES string of the molecule is O=C(Nc1nn[nH]n1)C1SCCS1. The number of carbonyl (C=O) groups excluding carboxylic acids is 1. The first-order valence-corrected chi connectivity index (χ1v) is 5.73. The molecule has 0 radical (unpaired) electrons. The number of nitrogens with zero attached hydrogens (tertiary/aromatic N) is 3. The topological polar surface area (TPSA) is 83.6 Å². The monoisotopic (exact) mass is 217 g/mol. The zero-order valence-corrected chi connectivity index (χ0v) is 8.19. The van der Waals surface area contributed by atoms with Crippen molar-refractivity contribution in [2.75, 3.05) is 16.8 Å². The molecule has 1 aromatic heterocycles. The molecule has 1 saturated heterocycles. The fraction of sp³-hybridized carbons (Fsp3) is 0.600. The summed E-state index contributed by atoms with van der Waals surface area (Å²) in [6, 6.07) is 0. The van der Waals surface area contributed by atoms with Crippen molar-refractivity contribution in [3.63, 3.8) is 0 Å². The number of nitrogens with one attached hydrogen (secondary N) is 2. The Balaban J connectivity index is 1.91. The molecule has 13 heavy (non-hydrogen) atoms. The Hall–Kier alpha value is -0.760. The first-order valence-electron chi connectivity index (χ1n) is 3.64. The van der Waals surface area contributed by atoms with Crippen LogP contribution in [0.2, 0.25) is 0 Å². The van der Waals surface area contributed by atoms with Crippen LogP contribution in [0.1, 0.15) is 0 Å². The number of tetrazole rings is 1. The molecular formula is C5H7N5OS2. The fourth-order valence-electron chi connectivity index (χ4n) is 0.894. The average molecular weight is 217 g/mol. The Bertz CT molecular complexity index is 283. The Morgan fingerprint density at radius 2 is 2.31 bits per heavy atom. The van der Waals surface area contributed by atoms with Gasteiger partial charge in [-0.2, -0.15) is 5.21 Å². The first-order chi connectivity index (χ1) is 6.36. The maximum Gasteiger partial charge on any atom is 0.269 e. The van der Waals surface area contributed by atoms with Gasteiger partial charge in [-0.15, -0.1) is 28.6 Å². The summed E-state index contributed by atoms with van der Waals surface area (Å²) >= 11 is 3.27. The molecule has 70 valence electrons. The molecule has 2 heterocycles. The average Bonchev–Trinajstić information content (AvgIpc) is 2.74. The van der Waals surface area contributed by atoms with E-state index in [-0.39, 0.29) is 16.4 Å². The summed E-state index contributed by atoms with van der Waals surface area (Å²) in [4.78, 5) is 11.4. The highest BCUT2D eigenvalue weighted by Crippen LogP contribution is 2.32. The van der Waals surface area contributed by atoms with Crippen LogP contribution < -0.4 is 5.32 Å². The minimum Gasteiger partial charge on any atom is -0.290 e. The molecular weight excluding hydrogens is 210 g/mol. The van der Waals surface area contributed by atoms with Gasteiger partial charge in [0.25, 0.3) is 5.95 Å². The van der Waals surface area contributed by atoms with Crippen molar-refractivity contribution in [1.82, 2.24) is 20.6 Å². The Morgan fingerprint density at radius 1 is 1.54 bits per heavy atom. The standard InChI is InChI=1S/C5H7N5OS2/c11-3(4-12-1-2-13-4)6-5-7-9-10-8-5/h4H,1-2H2,(H2,6,7,8,9,10,11). The molecule has 0 unspecified atom stereocenters. The predicted molar refractivity (Wildman–Crippen MR) is 51.5 cm³/mol. The number of hydrogen-bond acceptors (Lipinski definition) is 6. The van der Waals surface area contributed by atoms with Crippen LogP contribution in [-0.4, -0.2) is 42.6 Å². The predicted octanol–water partition coefficient (Wildman–Crippen LogP) is -0.0557. The van der Waals surface area contributed by atoms with E-state index in [4.69, 9.17) is 0 Å². The number of rotatable bonds is 2. The molecule has 0 aromatic carbocycles. The van der Waals surface area contributed by atoms with Gasteiger partial charge in [-0.25, -0.2) is 0 Å². The molecule has 0 atom stereocenters. The van der Waals surface area contributed by atoms with E-state index >= 15 is 0 Å². The van der Waals surface area contributed by atoms with E-state index in [1.54, 1.807) is 23.5 Å². The third-order valence-corrected chi connectivity index (χ3v) is 4.40. The van der Waals surface area contributed by atoms with Gasteiger partial charge in [0.15, 0.2) is 0 Å².